The van der Waals surface area contributed by atoms with Crippen LogP contribution in [0.1, 0.15) is 51.5 Å². The second-order valence-corrected chi connectivity index (χ2v) is 6.89. The van der Waals surface area contributed by atoms with Crippen molar-refractivity contribution in [2.45, 2.75) is 64.2 Å². The van der Waals surface area contributed by atoms with Crippen LogP contribution in [0.4, 0.5) is 22.0 Å². The molecule has 0 heterocycles. The van der Waals surface area contributed by atoms with Gasteiger partial charge in [0.05, 0.1) is 0 Å². The van der Waals surface area contributed by atoms with Crippen molar-refractivity contribution in [1.29, 1.82) is 0 Å². The van der Waals surface area contributed by atoms with Gasteiger partial charge in [0.2, 0.25) is 0 Å². The Morgan fingerprint density at radius 2 is 1.86 bits per heavy atom. The van der Waals surface area contributed by atoms with Gasteiger partial charge in [0.1, 0.15) is 11.9 Å². The van der Waals surface area contributed by atoms with Crippen LogP contribution in [0.2, 0.25) is 0 Å². The van der Waals surface area contributed by atoms with Crippen LogP contribution in [-0.4, -0.2) is 17.5 Å². The Morgan fingerprint density at radius 1 is 1.18 bits per heavy atom. The highest BCUT2D eigenvalue weighted by molar-refractivity contribution is 7.79. The van der Waals surface area contributed by atoms with E-state index in [0.717, 1.165) is 31.7 Å². The van der Waals surface area contributed by atoms with E-state index < -0.39 is 17.7 Å². The van der Waals surface area contributed by atoms with E-state index in [4.69, 9.17) is 21.7 Å². The predicted molar refractivity (Wildman–Crippen MR) is 103 cm³/mol. The molecule has 0 aromatic heterocycles. The lowest BCUT2D eigenvalue weighted by molar-refractivity contribution is -0.289. The van der Waals surface area contributed by atoms with Gasteiger partial charge < -0.3 is 9.47 Å². The number of halogens is 5. The van der Waals surface area contributed by atoms with Crippen LogP contribution in [0.25, 0.3) is 0 Å². The summed E-state index contributed by atoms with van der Waals surface area (Å²) in [5.74, 6) is -5.28. The average molecular weight is 424 g/mol. The summed E-state index contributed by atoms with van der Waals surface area (Å²) >= 11 is 5.00. The van der Waals surface area contributed by atoms with Crippen LogP contribution < -0.4 is 4.74 Å². The van der Waals surface area contributed by atoms with E-state index in [0.29, 0.717) is 18.6 Å². The normalized spacial score (nSPS) is 14.2. The fourth-order valence-electron chi connectivity index (χ4n) is 2.52. The molecule has 1 aromatic rings. The predicted octanol–water partition coefficient (Wildman–Crippen LogP) is 7.18. The van der Waals surface area contributed by atoms with Gasteiger partial charge in [0, 0.05) is 23.7 Å². The Hall–Kier alpha value is -1.70. The Kier molecular flexibility index (Phi) is 9.33. The molecule has 0 aliphatic rings. The summed E-state index contributed by atoms with van der Waals surface area (Å²) in [4.78, 5) is 0. The van der Waals surface area contributed by atoms with Gasteiger partial charge in [-0.05, 0) is 25.0 Å². The topological polar surface area (TPSA) is 18.5 Å². The third-order valence-electron chi connectivity index (χ3n) is 4.30. The third kappa shape index (κ3) is 7.04. The zero-order valence-corrected chi connectivity index (χ0v) is 16.7. The molecule has 0 aliphatic heterocycles. The van der Waals surface area contributed by atoms with Gasteiger partial charge in [-0.1, -0.05) is 51.3 Å². The number of ether oxygens (including phenoxy) is 2. The number of hydrogen-bond donors (Lipinski definition) is 0. The molecule has 1 rings (SSSR count). The summed E-state index contributed by atoms with van der Waals surface area (Å²) in [6.07, 6.45) is 0.502. The Bertz CT molecular complexity index is 646. The maximum atomic E-state index is 13.5. The number of alkyl halides is 5. The molecule has 0 saturated carbocycles. The first-order chi connectivity index (χ1) is 13.0. The minimum absolute atomic E-state index is 0.0379. The van der Waals surface area contributed by atoms with Crippen molar-refractivity contribution in [1.82, 2.24) is 0 Å². The van der Waals surface area contributed by atoms with Gasteiger partial charge in [-0.3, -0.25) is 0 Å². The van der Waals surface area contributed by atoms with Crippen LogP contribution in [-0.2, 0) is 10.7 Å². The third-order valence-corrected chi connectivity index (χ3v) is 4.48. The fourth-order valence-corrected chi connectivity index (χ4v) is 2.74. The molecule has 0 N–H and O–H groups in total. The van der Waals surface area contributed by atoms with E-state index >= 15 is 0 Å². The second kappa shape index (κ2) is 10.7. The highest BCUT2D eigenvalue weighted by atomic mass is 32.1. The molecule has 0 radical (unpaired) electrons. The van der Waals surface area contributed by atoms with Gasteiger partial charge in [-0.15, -0.1) is 6.58 Å². The van der Waals surface area contributed by atoms with Crippen LogP contribution in [0.3, 0.4) is 0 Å². The fraction of sp³-hybridized carbons (Fsp3) is 0.550. The van der Waals surface area contributed by atoms with Gasteiger partial charge in [0.15, 0.2) is 0 Å². The monoisotopic (exact) mass is 424 g/mol. The summed E-state index contributed by atoms with van der Waals surface area (Å²) in [6.45, 7) is 7.72. The molecule has 1 aromatic carbocycles. The zero-order valence-electron chi connectivity index (χ0n) is 15.9. The van der Waals surface area contributed by atoms with E-state index in [1.165, 1.54) is 6.07 Å². The molecule has 28 heavy (non-hydrogen) atoms. The largest absolute Gasteiger partial charge is 0.458 e. The van der Waals surface area contributed by atoms with E-state index in [1.807, 2.05) is 6.92 Å². The molecule has 0 aliphatic carbocycles. The Balaban J connectivity index is 2.80. The van der Waals surface area contributed by atoms with Crippen molar-refractivity contribution >= 4 is 17.5 Å². The van der Waals surface area contributed by atoms with Gasteiger partial charge in [-0.25, -0.2) is 0 Å². The maximum absolute atomic E-state index is 13.5. The first kappa shape index (κ1) is 24.3. The summed E-state index contributed by atoms with van der Waals surface area (Å²) in [6, 6.07) is 3.57. The van der Waals surface area contributed by atoms with E-state index in [-0.39, 0.29) is 23.0 Å². The standard InChI is InChI=1S/C20H25F5O2S/c1-4-6-7-8-12-17(14(3)5-2)27-18(28)26-16-11-9-10-15(13-16)19(21,22)20(23,24)25/h5,9-11,13-14,17H,2,4,6-8,12H2,1,3H3/t14-,17+/m1/s1. The van der Waals surface area contributed by atoms with Crippen LogP contribution in [0, 0.1) is 5.92 Å². The molecule has 2 nitrogen and oxygen atoms in total. The lowest BCUT2D eigenvalue weighted by Crippen LogP contribution is -2.33. The summed E-state index contributed by atoms with van der Waals surface area (Å²) in [7, 11) is 0. The van der Waals surface area contributed by atoms with Crippen molar-refractivity contribution in [3.05, 3.63) is 42.5 Å². The first-order valence-corrected chi connectivity index (χ1v) is 9.49. The molecular weight excluding hydrogens is 399 g/mol. The highest BCUT2D eigenvalue weighted by Crippen LogP contribution is 2.44. The SMILES string of the molecule is C=C[C@@H](C)[C@H](CCCCCC)OC(=S)Oc1cccc(C(F)(F)C(F)(F)F)c1. The van der Waals surface area contributed by atoms with Crippen molar-refractivity contribution in [2.24, 2.45) is 5.92 Å². The van der Waals surface area contributed by atoms with Crippen molar-refractivity contribution in [2.75, 3.05) is 0 Å². The zero-order chi connectivity index (χ0) is 21.4. The summed E-state index contributed by atoms with van der Waals surface area (Å²) < 4.78 is 75.4. The van der Waals surface area contributed by atoms with Gasteiger partial charge >= 0.3 is 17.3 Å². The summed E-state index contributed by atoms with van der Waals surface area (Å²) in [5, 5.41) is -0.332. The Labute approximate surface area is 167 Å². The number of rotatable bonds is 10. The molecule has 158 valence electrons. The molecule has 0 spiro atoms. The number of unbranched alkanes of at least 4 members (excludes halogenated alkanes) is 3. The molecule has 0 saturated heterocycles. The lowest BCUT2D eigenvalue weighted by Gasteiger charge is -2.23. The Morgan fingerprint density at radius 3 is 2.43 bits per heavy atom. The van der Waals surface area contributed by atoms with Gasteiger partial charge in [0.25, 0.3) is 0 Å². The highest BCUT2D eigenvalue weighted by Gasteiger charge is 2.58. The van der Waals surface area contributed by atoms with E-state index in [1.54, 1.807) is 6.08 Å². The van der Waals surface area contributed by atoms with Crippen molar-refractivity contribution in [3.63, 3.8) is 0 Å². The number of benzene rings is 1. The molecular formula is C20H25F5O2S. The molecule has 0 bridgehead atoms. The first-order valence-electron chi connectivity index (χ1n) is 9.09. The number of hydrogen-bond acceptors (Lipinski definition) is 3. The van der Waals surface area contributed by atoms with Crippen molar-refractivity contribution < 1.29 is 31.4 Å². The second-order valence-electron chi connectivity index (χ2n) is 6.55. The molecule has 0 fully saturated rings. The van der Waals surface area contributed by atoms with Crippen LogP contribution >= 0.6 is 12.2 Å². The molecule has 0 unspecified atom stereocenters. The quantitative estimate of drug-likeness (QED) is 0.171. The minimum atomic E-state index is -5.70. The molecule has 2 atom stereocenters. The van der Waals surface area contributed by atoms with Gasteiger partial charge in [-0.2, -0.15) is 22.0 Å². The summed E-state index contributed by atoms with van der Waals surface area (Å²) in [5.41, 5.74) is -1.23. The minimum Gasteiger partial charge on any atom is -0.453 e. The maximum Gasteiger partial charge on any atom is 0.458 e. The average Bonchev–Trinajstić information content (AvgIpc) is 2.62. The lowest BCUT2D eigenvalue weighted by atomic mass is 9.99. The molecule has 8 heteroatoms. The smallest absolute Gasteiger partial charge is 0.453 e. The van der Waals surface area contributed by atoms with E-state index in [2.05, 4.69) is 13.5 Å². The number of thiocarbonyl (C=S) groups is 1. The van der Waals surface area contributed by atoms with Crippen LogP contribution in [0.15, 0.2) is 36.9 Å². The van der Waals surface area contributed by atoms with Crippen LogP contribution in [0.5, 0.6) is 5.75 Å². The molecule has 0 amide bonds. The van der Waals surface area contributed by atoms with E-state index in [9.17, 15) is 22.0 Å². The van der Waals surface area contributed by atoms with Crippen molar-refractivity contribution in [3.8, 4) is 5.75 Å².